The van der Waals surface area contributed by atoms with Gasteiger partial charge in [-0.1, -0.05) is 43.2 Å². The topological polar surface area (TPSA) is 39.1 Å². The van der Waals surface area contributed by atoms with Gasteiger partial charge in [-0.3, -0.25) is 9.36 Å². The van der Waals surface area contributed by atoms with Crippen LogP contribution >= 0.6 is 0 Å². The third-order valence-corrected chi connectivity index (χ3v) is 7.17. The fourth-order valence-electron chi connectivity index (χ4n) is 4.49. The van der Waals surface area contributed by atoms with Gasteiger partial charge in [0.05, 0.1) is 0 Å². The molecule has 1 aromatic heterocycles. The molecule has 130 valence electrons. The number of nitrogens with zero attached hydrogens (tertiary/aromatic N) is 1. The van der Waals surface area contributed by atoms with Gasteiger partial charge >= 0.3 is 0 Å². The summed E-state index contributed by atoms with van der Waals surface area (Å²) in [6.45, 7) is 4.17. The number of allylic oxidation sites excluding steroid dienone is 2. The van der Waals surface area contributed by atoms with Crippen molar-refractivity contribution in [2.24, 2.45) is 23.7 Å². The number of aromatic nitrogens is 1. The van der Waals surface area contributed by atoms with Crippen LogP contribution in [0.4, 0.5) is 0 Å². The summed E-state index contributed by atoms with van der Waals surface area (Å²) in [5.74, 6) is 1.40. The fraction of sp³-hybridized carbons (Fsp3) is 0.381. The molecular formula is C21H23NO2S. The Kier molecular flexibility index (Phi) is 4.24. The van der Waals surface area contributed by atoms with E-state index in [2.05, 4.69) is 19.1 Å². The Morgan fingerprint density at radius 2 is 1.88 bits per heavy atom. The van der Waals surface area contributed by atoms with Crippen LogP contribution in [0.1, 0.15) is 30.1 Å². The van der Waals surface area contributed by atoms with Crippen LogP contribution < -0.4 is 0 Å². The normalized spacial score (nSPS) is 28.4. The fourth-order valence-corrected chi connectivity index (χ4v) is 5.65. The molecule has 2 unspecified atom stereocenters. The van der Waals surface area contributed by atoms with Gasteiger partial charge in [-0.15, -0.1) is 0 Å². The zero-order chi connectivity index (χ0) is 17.6. The third kappa shape index (κ3) is 2.73. The molecule has 2 aromatic rings. The largest absolute Gasteiger partial charge is 0.279 e. The van der Waals surface area contributed by atoms with Crippen molar-refractivity contribution >= 4 is 16.7 Å². The molecule has 1 aromatic carbocycles. The van der Waals surface area contributed by atoms with Gasteiger partial charge in [0.15, 0.2) is 0 Å². The highest BCUT2D eigenvalue weighted by Crippen LogP contribution is 2.50. The van der Waals surface area contributed by atoms with Crippen molar-refractivity contribution in [1.82, 2.24) is 4.57 Å². The lowest BCUT2D eigenvalue weighted by Crippen LogP contribution is -2.32. The summed E-state index contributed by atoms with van der Waals surface area (Å²) < 4.78 is 14.6. The van der Waals surface area contributed by atoms with Crippen LogP contribution in [0.3, 0.4) is 0 Å². The number of benzene rings is 1. The lowest BCUT2D eigenvalue weighted by Gasteiger charge is -2.26. The Balaban J connectivity index is 1.65. The van der Waals surface area contributed by atoms with Crippen LogP contribution in [0.15, 0.2) is 64.7 Å². The maximum Gasteiger partial charge on any atom is 0.235 e. The van der Waals surface area contributed by atoms with Gasteiger partial charge in [0.1, 0.15) is 15.8 Å². The average Bonchev–Trinajstić information content (AvgIpc) is 3.35. The second kappa shape index (κ2) is 6.41. The van der Waals surface area contributed by atoms with E-state index in [9.17, 15) is 9.00 Å². The molecule has 0 spiro atoms. The van der Waals surface area contributed by atoms with E-state index in [4.69, 9.17) is 0 Å². The van der Waals surface area contributed by atoms with Gasteiger partial charge in [0, 0.05) is 17.0 Å². The summed E-state index contributed by atoms with van der Waals surface area (Å²) in [5.41, 5.74) is 1.13. The van der Waals surface area contributed by atoms with E-state index in [1.54, 1.807) is 16.8 Å². The predicted molar refractivity (Wildman–Crippen MR) is 98.9 cm³/mol. The summed E-state index contributed by atoms with van der Waals surface area (Å²) in [4.78, 5) is 14.0. The van der Waals surface area contributed by atoms with Crippen molar-refractivity contribution in [1.29, 1.82) is 0 Å². The molecule has 4 heteroatoms. The molecule has 4 rings (SSSR count). The van der Waals surface area contributed by atoms with Gasteiger partial charge < -0.3 is 0 Å². The molecule has 2 aliphatic carbocycles. The summed E-state index contributed by atoms with van der Waals surface area (Å²) >= 11 is 0. The van der Waals surface area contributed by atoms with Gasteiger partial charge in [0.25, 0.3) is 0 Å². The molecule has 25 heavy (non-hydrogen) atoms. The van der Waals surface area contributed by atoms with Crippen molar-refractivity contribution in [3.8, 4) is 0 Å². The van der Waals surface area contributed by atoms with Crippen molar-refractivity contribution in [2.45, 2.75) is 36.6 Å². The van der Waals surface area contributed by atoms with Gasteiger partial charge in [-0.2, -0.15) is 0 Å². The first-order chi connectivity index (χ1) is 12.1. The van der Waals surface area contributed by atoms with Crippen molar-refractivity contribution in [3.05, 3.63) is 60.3 Å². The van der Waals surface area contributed by atoms with E-state index in [1.807, 2.05) is 37.3 Å². The van der Waals surface area contributed by atoms with Gasteiger partial charge in [-0.25, -0.2) is 4.21 Å². The first-order valence-corrected chi connectivity index (χ1v) is 10.1. The van der Waals surface area contributed by atoms with Crippen LogP contribution in [0.2, 0.25) is 0 Å². The third-order valence-electron chi connectivity index (χ3n) is 5.75. The van der Waals surface area contributed by atoms with Crippen LogP contribution in [0.5, 0.6) is 0 Å². The van der Waals surface area contributed by atoms with E-state index >= 15 is 0 Å². The molecule has 2 bridgehead atoms. The Bertz CT molecular complexity index is 849. The summed E-state index contributed by atoms with van der Waals surface area (Å²) in [5, 5.41) is 0.579. The van der Waals surface area contributed by atoms with E-state index in [0.29, 0.717) is 22.8 Å². The number of fused-ring (bicyclic) bond motifs is 2. The summed E-state index contributed by atoms with van der Waals surface area (Å²) in [6, 6.07) is 11.3. The summed E-state index contributed by atoms with van der Waals surface area (Å²) in [7, 11) is -1.35. The highest BCUT2D eigenvalue weighted by atomic mass is 32.2. The van der Waals surface area contributed by atoms with Crippen molar-refractivity contribution in [3.63, 3.8) is 0 Å². The molecule has 0 saturated heterocycles. The molecule has 0 aliphatic heterocycles. The highest BCUT2D eigenvalue weighted by Gasteiger charge is 2.47. The van der Waals surface area contributed by atoms with Crippen LogP contribution in [0, 0.1) is 30.6 Å². The van der Waals surface area contributed by atoms with E-state index in [0.717, 1.165) is 23.3 Å². The number of carbonyl (C=O) groups is 1. The first kappa shape index (κ1) is 16.5. The zero-order valence-electron chi connectivity index (χ0n) is 14.6. The lowest BCUT2D eigenvalue weighted by molar-refractivity contribution is 0.0754. The number of hydrogen-bond acceptors (Lipinski definition) is 2. The minimum Gasteiger partial charge on any atom is -0.279 e. The van der Waals surface area contributed by atoms with Crippen molar-refractivity contribution in [2.75, 3.05) is 0 Å². The Hall–Kier alpha value is -1.94. The molecule has 2 aliphatic rings. The predicted octanol–water partition coefficient (Wildman–Crippen LogP) is 4.45. The molecular weight excluding hydrogens is 330 g/mol. The number of hydrogen-bond donors (Lipinski definition) is 0. The maximum atomic E-state index is 13.3. The number of rotatable bonds is 4. The summed E-state index contributed by atoms with van der Waals surface area (Å²) in [6.07, 6.45) is 8.36. The van der Waals surface area contributed by atoms with E-state index in [-0.39, 0.29) is 11.8 Å². The quantitative estimate of drug-likeness (QED) is 0.762. The Morgan fingerprint density at radius 1 is 1.16 bits per heavy atom. The smallest absolute Gasteiger partial charge is 0.235 e. The maximum absolute atomic E-state index is 13.3. The molecule has 0 N–H and O–H groups in total. The van der Waals surface area contributed by atoms with Gasteiger partial charge in [0.2, 0.25) is 5.91 Å². The highest BCUT2D eigenvalue weighted by molar-refractivity contribution is 7.85. The lowest BCUT2D eigenvalue weighted by atomic mass is 9.81. The molecule has 5 atom stereocenters. The monoisotopic (exact) mass is 353 g/mol. The van der Waals surface area contributed by atoms with Crippen LogP contribution in [-0.2, 0) is 10.8 Å². The Labute approximate surface area is 151 Å². The second-order valence-electron chi connectivity index (χ2n) is 7.18. The molecule has 1 saturated carbocycles. The van der Waals surface area contributed by atoms with Crippen LogP contribution in [0.25, 0.3) is 0 Å². The van der Waals surface area contributed by atoms with Crippen LogP contribution in [-0.4, -0.2) is 14.7 Å². The second-order valence-corrected chi connectivity index (χ2v) is 8.61. The number of carbonyl (C=O) groups excluding carboxylic acids is 1. The average molecular weight is 353 g/mol. The SMILES string of the molecule is CCC1C(C(=O)n2cccc2[S@@](=O)c2ccc(C)cc2)[C@@H]2C=C[C@H]1C2. The molecule has 1 heterocycles. The van der Waals surface area contributed by atoms with Crippen molar-refractivity contribution < 1.29 is 9.00 Å². The molecule has 1 fully saturated rings. The minimum absolute atomic E-state index is 0.0150. The molecule has 3 nitrogen and oxygen atoms in total. The molecule has 0 amide bonds. The first-order valence-electron chi connectivity index (χ1n) is 8.98. The molecule has 0 radical (unpaired) electrons. The standard InChI is InChI=1S/C21H23NO2S/c1-3-18-15-8-9-16(13-15)20(18)21(23)22-12-4-5-19(22)25(24)17-10-6-14(2)7-11-17/h4-12,15-16,18,20H,3,13H2,1-2H3/t15-,16+,18?,20?,25-/m0/s1. The minimum atomic E-state index is -1.35. The van der Waals surface area contributed by atoms with Gasteiger partial charge in [-0.05, 0) is 55.4 Å². The Morgan fingerprint density at radius 3 is 2.60 bits per heavy atom. The van der Waals surface area contributed by atoms with E-state index < -0.39 is 10.8 Å². The zero-order valence-corrected chi connectivity index (χ0v) is 15.4. The van der Waals surface area contributed by atoms with E-state index in [1.165, 1.54) is 0 Å². The number of aryl methyl sites for hydroxylation is 1.